The third-order valence-electron chi connectivity index (χ3n) is 2.94. The van der Waals surface area contributed by atoms with Gasteiger partial charge in [-0.3, -0.25) is 0 Å². The molecule has 1 heterocycles. The Hall–Kier alpha value is -2.34. The van der Waals surface area contributed by atoms with Crippen LogP contribution in [0, 0.1) is 0 Å². The van der Waals surface area contributed by atoms with Gasteiger partial charge >= 0.3 is 0 Å². The molecule has 0 spiro atoms. The van der Waals surface area contributed by atoms with E-state index in [0.717, 1.165) is 10.9 Å². The Morgan fingerprint density at radius 2 is 2.19 bits per heavy atom. The SMILES string of the molecule is CCOCC(C)Oc1nc2ccccc2cc1/C(N)=N/O. The Bertz CT molecular complexity index is 643. The maximum absolute atomic E-state index is 8.92. The average Bonchev–Trinajstić information content (AvgIpc) is 2.51. The maximum Gasteiger partial charge on any atom is 0.225 e. The van der Waals surface area contributed by atoms with Crippen LogP contribution in [-0.2, 0) is 4.74 Å². The van der Waals surface area contributed by atoms with E-state index in [-0.39, 0.29) is 11.9 Å². The molecule has 1 aromatic heterocycles. The highest BCUT2D eigenvalue weighted by molar-refractivity contribution is 6.02. The summed E-state index contributed by atoms with van der Waals surface area (Å²) in [4.78, 5) is 4.44. The highest BCUT2D eigenvalue weighted by Gasteiger charge is 2.15. The van der Waals surface area contributed by atoms with E-state index in [0.29, 0.717) is 24.7 Å². The lowest BCUT2D eigenvalue weighted by Gasteiger charge is -2.16. The standard InChI is InChI=1S/C15H19N3O3/c1-3-20-9-10(2)21-15-12(14(16)18-19)8-11-6-4-5-7-13(11)17-15/h4-8,10,19H,3,9H2,1-2H3,(H2,16,18). The van der Waals surface area contributed by atoms with Crippen LogP contribution in [0.5, 0.6) is 5.88 Å². The van der Waals surface area contributed by atoms with Crippen LogP contribution in [0.15, 0.2) is 35.5 Å². The summed E-state index contributed by atoms with van der Waals surface area (Å²) in [7, 11) is 0. The fraction of sp³-hybridized carbons (Fsp3) is 0.333. The summed E-state index contributed by atoms with van der Waals surface area (Å²) in [6.45, 7) is 4.86. The molecule has 0 bridgehead atoms. The predicted octanol–water partition coefficient (Wildman–Crippen LogP) is 2.13. The number of fused-ring (bicyclic) bond motifs is 1. The van der Waals surface area contributed by atoms with Crippen molar-refractivity contribution in [3.63, 3.8) is 0 Å². The minimum Gasteiger partial charge on any atom is -0.472 e. The molecule has 0 radical (unpaired) electrons. The lowest BCUT2D eigenvalue weighted by molar-refractivity contribution is 0.0634. The summed E-state index contributed by atoms with van der Waals surface area (Å²) in [5.41, 5.74) is 6.95. The van der Waals surface area contributed by atoms with Gasteiger partial charge < -0.3 is 20.4 Å². The number of amidine groups is 1. The largest absolute Gasteiger partial charge is 0.472 e. The molecule has 0 saturated carbocycles. The zero-order chi connectivity index (χ0) is 15.2. The van der Waals surface area contributed by atoms with Crippen LogP contribution < -0.4 is 10.5 Å². The van der Waals surface area contributed by atoms with Gasteiger partial charge in [0.1, 0.15) is 6.10 Å². The molecular weight excluding hydrogens is 270 g/mol. The second kappa shape index (κ2) is 6.90. The molecule has 6 heteroatoms. The van der Waals surface area contributed by atoms with Gasteiger partial charge in [0.05, 0.1) is 17.7 Å². The van der Waals surface area contributed by atoms with Gasteiger partial charge in [0.2, 0.25) is 5.88 Å². The van der Waals surface area contributed by atoms with Crippen LogP contribution >= 0.6 is 0 Å². The van der Waals surface area contributed by atoms with Gasteiger partial charge in [-0.05, 0) is 26.0 Å². The minimum absolute atomic E-state index is 0.0353. The van der Waals surface area contributed by atoms with Crippen LogP contribution in [0.2, 0.25) is 0 Å². The molecule has 0 aliphatic rings. The van der Waals surface area contributed by atoms with Crippen molar-refractivity contribution in [2.24, 2.45) is 10.9 Å². The Morgan fingerprint density at radius 1 is 1.43 bits per heavy atom. The predicted molar refractivity (Wildman–Crippen MR) is 80.8 cm³/mol. The summed E-state index contributed by atoms with van der Waals surface area (Å²) in [6, 6.07) is 9.37. The zero-order valence-corrected chi connectivity index (χ0v) is 12.1. The quantitative estimate of drug-likeness (QED) is 0.368. The van der Waals surface area contributed by atoms with Crippen molar-refractivity contribution in [2.45, 2.75) is 20.0 Å². The van der Waals surface area contributed by atoms with Crippen molar-refractivity contribution < 1.29 is 14.7 Å². The minimum atomic E-state index is -0.191. The van der Waals surface area contributed by atoms with E-state index in [9.17, 15) is 0 Å². The van der Waals surface area contributed by atoms with Crippen molar-refractivity contribution >= 4 is 16.7 Å². The fourth-order valence-electron chi connectivity index (χ4n) is 1.93. The number of pyridine rings is 1. The lowest BCUT2D eigenvalue weighted by Crippen LogP contribution is -2.23. The number of para-hydroxylation sites is 1. The van der Waals surface area contributed by atoms with Gasteiger partial charge in [-0.1, -0.05) is 23.4 Å². The molecule has 0 amide bonds. The molecule has 2 rings (SSSR count). The molecule has 6 nitrogen and oxygen atoms in total. The summed E-state index contributed by atoms with van der Waals surface area (Å²) in [5, 5.41) is 12.8. The Morgan fingerprint density at radius 3 is 2.90 bits per heavy atom. The molecule has 3 N–H and O–H groups in total. The first-order valence-corrected chi connectivity index (χ1v) is 6.77. The van der Waals surface area contributed by atoms with E-state index < -0.39 is 0 Å². The molecule has 1 atom stereocenters. The molecular formula is C15H19N3O3. The number of ether oxygens (including phenoxy) is 2. The van der Waals surface area contributed by atoms with Gasteiger partial charge in [0.25, 0.3) is 0 Å². The van der Waals surface area contributed by atoms with Crippen molar-refractivity contribution in [3.05, 3.63) is 35.9 Å². The van der Waals surface area contributed by atoms with Crippen molar-refractivity contribution in [2.75, 3.05) is 13.2 Å². The topological polar surface area (TPSA) is 90.0 Å². The van der Waals surface area contributed by atoms with Gasteiger partial charge in [0.15, 0.2) is 5.84 Å². The molecule has 1 unspecified atom stereocenters. The number of nitrogens with zero attached hydrogens (tertiary/aromatic N) is 2. The molecule has 0 aliphatic heterocycles. The average molecular weight is 289 g/mol. The number of hydrogen-bond donors (Lipinski definition) is 2. The molecule has 0 saturated heterocycles. The van der Waals surface area contributed by atoms with Gasteiger partial charge in [0, 0.05) is 12.0 Å². The van der Waals surface area contributed by atoms with E-state index in [1.807, 2.05) is 38.1 Å². The summed E-state index contributed by atoms with van der Waals surface area (Å²) < 4.78 is 11.1. The molecule has 0 fully saturated rings. The molecule has 2 aromatic rings. The second-order valence-corrected chi connectivity index (χ2v) is 4.61. The number of rotatable bonds is 6. The normalized spacial score (nSPS) is 13.3. The van der Waals surface area contributed by atoms with Crippen LogP contribution in [0.25, 0.3) is 10.9 Å². The van der Waals surface area contributed by atoms with Crippen molar-refractivity contribution in [3.8, 4) is 5.88 Å². The van der Waals surface area contributed by atoms with Crippen LogP contribution in [-0.4, -0.2) is 35.3 Å². The highest BCUT2D eigenvalue weighted by Crippen LogP contribution is 2.23. The van der Waals surface area contributed by atoms with E-state index in [4.69, 9.17) is 20.4 Å². The number of nitrogens with two attached hydrogens (primary N) is 1. The van der Waals surface area contributed by atoms with E-state index in [2.05, 4.69) is 10.1 Å². The number of hydrogen-bond acceptors (Lipinski definition) is 5. The summed E-state index contributed by atoms with van der Waals surface area (Å²) in [5.74, 6) is 0.295. The molecule has 112 valence electrons. The lowest BCUT2D eigenvalue weighted by atomic mass is 10.1. The number of aromatic nitrogens is 1. The number of benzene rings is 1. The fourth-order valence-corrected chi connectivity index (χ4v) is 1.93. The first-order valence-electron chi connectivity index (χ1n) is 6.77. The summed E-state index contributed by atoms with van der Waals surface area (Å²) >= 11 is 0. The number of oxime groups is 1. The molecule has 1 aromatic carbocycles. The van der Waals surface area contributed by atoms with Crippen molar-refractivity contribution in [1.29, 1.82) is 0 Å². The van der Waals surface area contributed by atoms with Crippen LogP contribution in [0.3, 0.4) is 0 Å². The van der Waals surface area contributed by atoms with Gasteiger partial charge in [-0.15, -0.1) is 0 Å². The summed E-state index contributed by atoms with van der Waals surface area (Å²) in [6.07, 6.45) is -0.191. The first-order chi connectivity index (χ1) is 10.2. The second-order valence-electron chi connectivity index (χ2n) is 4.61. The smallest absolute Gasteiger partial charge is 0.225 e. The monoisotopic (exact) mass is 289 g/mol. The maximum atomic E-state index is 8.92. The van der Waals surface area contributed by atoms with E-state index >= 15 is 0 Å². The zero-order valence-electron chi connectivity index (χ0n) is 12.1. The molecule has 0 aliphatic carbocycles. The Kier molecular flexibility index (Phi) is 4.94. The first kappa shape index (κ1) is 15.1. The van der Waals surface area contributed by atoms with E-state index in [1.54, 1.807) is 6.07 Å². The third kappa shape index (κ3) is 3.61. The van der Waals surface area contributed by atoms with Gasteiger partial charge in [-0.25, -0.2) is 4.98 Å². The van der Waals surface area contributed by atoms with E-state index in [1.165, 1.54) is 0 Å². The molecule has 21 heavy (non-hydrogen) atoms. The Labute approximate surface area is 123 Å². The highest BCUT2D eigenvalue weighted by atomic mass is 16.5. The van der Waals surface area contributed by atoms with Crippen LogP contribution in [0.1, 0.15) is 19.4 Å². The van der Waals surface area contributed by atoms with Crippen LogP contribution in [0.4, 0.5) is 0 Å². The third-order valence-corrected chi connectivity index (χ3v) is 2.94. The Balaban J connectivity index is 2.39. The van der Waals surface area contributed by atoms with Gasteiger partial charge in [-0.2, -0.15) is 0 Å². The van der Waals surface area contributed by atoms with Crippen molar-refractivity contribution in [1.82, 2.24) is 4.98 Å².